The normalized spacial score (nSPS) is 23.7. The van der Waals surface area contributed by atoms with Crippen LogP contribution in [0.5, 0.6) is 5.75 Å². The van der Waals surface area contributed by atoms with Gasteiger partial charge < -0.3 is 14.8 Å². The molecule has 2 heterocycles. The van der Waals surface area contributed by atoms with E-state index in [0.717, 1.165) is 43.7 Å². The number of carbonyl (C=O) groups excluding carboxylic acids is 1. The van der Waals surface area contributed by atoms with Crippen molar-refractivity contribution in [2.75, 3.05) is 26.9 Å². The molecule has 1 aliphatic carbocycles. The first-order valence-electron chi connectivity index (χ1n) is 10.5. The van der Waals surface area contributed by atoms with Crippen molar-refractivity contribution in [2.45, 2.75) is 50.4 Å². The Balaban J connectivity index is 1.54. The quantitative estimate of drug-likeness (QED) is 0.781. The number of aromatic amines is 1. The van der Waals surface area contributed by atoms with Crippen molar-refractivity contribution in [1.29, 1.82) is 0 Å². The predicted octanol–water partition coefficient (Wildman–Crippen LogP) is 2.87. The van der Waals surface area contributed by atoms with E-state index in [9.17, 15) is 4.79 Å². The van der Waals surface area contributed by atoms with Gasteiger partial charge in [0.15, 0.2) is 0 Å². The van der Waals surface area contributed by atoms with Gasteiger partial charge in [0.25, 0.3) is 0 Å². The van der Waals surface area contributed by atoms with E-state index < -0.39 is 0 Å². The molecule has 1 aromatic carbocycles. The molecule has 29 heavy (non-hydrogen) atoms. The lowest BCUT2D eigenvalue weighted by molar-refractivity contribution is -0.125. The highest BCUT2D eigenvalue weighted by atomic mass is 16.5. The second kappa shape index (κ2) is 8.53. The number of carbonyl (C=O) groups is 1. The maximum absolute atomic E-state index is 13.2. The first-order chi connectivity index (χ1) is 14.1. The lowest BCUT2D eigenvalue weighted by Gasteiger charge is -2.39. The van der Waals surface area contributed by atoms with E-state index in [1.807, 2.05) is 6.07 Å². The fraction of sp³-hybridized carbons (Fsp3) is 0.591. The predicted molar refractivity (Wildman–Crippen MR) is 109 cm³/mol. The third-order valence-corrected chi connectivity index (χ3v) is 6.61. The Morgan fingerprint density at radius 3 is 2.90 bits per heavy atom. The van der Waals surface area contributed by atoms with E-state index >= 15 is 0 Å². The minimum absolute atomic E-state index is 0.0563. The van der Waals surface area contributed by atoms with E-state index in [0.29, 0.717) is 19.8 Å². The molecule has 2 atom stereocenters. The standard InChI is InChI=1S/C22H30N4O3/c1-15-6-7-19(28-2)18(12-15)22(8-10-29-11-9-22)13-23-21(27)17-5-3-4-16(17)20-24-14-25-26-20/h6-7,12,14,16-17H,3-5,8-11,13H2,1-2H3,(H,23,27)(H,24,25,26)/t16-,17+/m0/s1. The number of nitrogens with zero attached hydrogens (tertiary/aromatic N) is 2. The minimum Gasteiger partial charge on any atom is -0.496 e. The molecule has 1 saturated heterocycles. The Labute approximate surface area is 171 Å². The van der Waals surface area contributed by atoms with Crippen molar-refractivity contribution in [2.24, 2.45) is 5.92 Å². The SMILES string of the molecule is COc1ccc(C)cc1C1(CNC(=O)[C@@H]2CCC[C@@H]2c2ncn[nH]2)CCOCC1. The Morgan fingerprint density at radius 1 is 1.34 bits per heavy atom. The summed E-state index contributed by atoms with van der Waals surface area (Å²) in [5.74, 6) is 1.88. The molecular formula is C22H30N4O3. The van der Waals surface area contributed by atoms with Crippen molar-refractivity contribution in [3.05, 3.63) is 41.5 Å². The van der Waals surface area contributed by atoms with Gasteiger partial charge in [-0.25, -0.2) is 4.98 Å². The molecule has 1 saturated carbocycles. The van der Waals surface area contributed by atoms with Gasteiger partial charge in [0.05, 0.1) is 7.11 Å². The molecule has 4 rings (SSSR count). The van der Waals surface area contributed by atoms with Gasteiger partial charge in [-0.15, -0.1) is 0 Å². The van der Waals surface area contributed by atoms with Crippen LogP contribution in [0.15, 0.2) is 24.5 Å². The molecule has 2 N–H and O–H groups in total. The molecule has 1 aliphatic heterocycles. The van der Waals surface area contributed by atoms with Crippen LogP contribution in [-0.2, 0) is 14.9 Å². The van der Waals surface area contributed by atoms with Crippen molar-refractivity contribution in [1.82, 2.24) is 20.5 Å². The summed E-state index contributed by atoms with van der Waals surface area (Å²) in [7, 11) is 1.71. The highest BCUT2D eigenvalue weighted by Crippen LogP contribution is 2.41. The molecular weight excluding hydrogens is 368 g/mol. The maximum Gasteiger partial charge on any atom is 0.223 e. The largest absolute Gasteiger partial charge is 0.496 e. The minimum atomic E-state index is -0.175. The van der Waals surface area contributed by atoms with Crippen LogP contribution in [0.25, 0.3) is 0 Å². The Kier molecular flexibility index (Phi) is 5.85. The molecule has 0 bridgehead atoms. The fourth-order valence-electron chi connectivity index (χ4n) is 4.92. The van der Waals surface area contributed by atoms with Crippen LogP contribution >= 0.6 is 0 Å². The topological polar surface area (TPSA) is 89.1 Å². The number of methoxy groups -OCH3 is 1. The van der Waals surface area contributed by atoms with Crippen molar-refractivity contribution in [3.63, 3.8) is 0 Å². The van der Waals surface area contributed by atoms with Crippen LogP contribution in [0, 0.1) is 12.8 Å². The highest BCUT2D eigenvalue weighted by Gasteiger charge is 2.40. The number of benzene rings is 1. The second-order valence-electron chi connectivity index (χ2n) is 8.33. The summed E-state index contributed by atoms with van der Waals surface area (Å²) in [6.07, 6.45) is 6.14. The zero-order valence-electron chi connectivity index (χ0n) is 17.2. The van der Waals surface area contributed by atoms with Crippen LogP contribution in [0.4, 0.5) is 0 Å². The number of aromatic nitrogens is 3. The summed E-state index contributed by atoms with van der Waals surface area (Å²) in [6, 6.07) is 6.29. The van der Waals surface area contributed by atoms with E-state index in [-0.39, 0.29) is 23.2 Å². The van der Waals surface area contributed by atoms with Crippen LogP contribution in [0.1, 0.15) is 55.0 Å². The number of ether oxygens (including phenoxy) is 2. The molecule has 0 spiro atoms. The molecule has 1 aromatic heterocycles. The van der Waals surface area contributed by atoms with E-state index in [1.165, 1.54) is 17.5 Å². The number of hydrogen-bond acceptors (Lipinski definition) is 5. The number of nitrogens with one attached hydrogen (secondary N) is 2. The fourth-order valence-corrected chi connectivity index (χ4v) is 4.92. The van der Waals surface area contributed by atoms with Crippen molar-refractivity contribution < 1.29 is 14.3 Å². The maximum atomic E-state index is 13.2. The van der Waals surface area contributed by atoms with Gasteiger partial charge in [-0.2, -0.15) is 5.10 Å². The number of hydrogen-bond donors (Lipinski definition) is 2. The molecule has 156 valence electrons. The van der Waals surface area contributed by atoms with Gasteiger partial charge >= 0.3 is 0 Å². The van der Waals surface area contributed by atoms with Gasteiger partial charge in [-0.1, -0.05) is 24.1 Å². The van der Waals surface area contributed by atoms with E-state index in [1.54, 1.807) is 7.11 Å². The van der Waals surface area contributed by atoms with Gasteiger partial charge in [0, 0.05) is 42.6 Å². The van der Waals surface area contributed by atoms with Gasteiger partial charge in [-0.05, 0) is 38.7 Å². The van der Waals surface area contributed by atoms with E-state index in [4.69, 9.17) is 9.47 Å². The van der Waals surface area contributed by atoms with Crippen molar-refractivity contribution >= 4 is 5.91 Å². The summed E-state index contributed by atoms with van der Waals surface area (Å²) in [4.78, 5) is 17.4. The van der Waals surface area contributed by atoms with Gasteiger partial charge in [-0.3, -0.25) is 9.89 Å². The molecule has 2 aromatic rings. The number of H-pyrrole nitrogens is 1. The van der Waals surface area contributed by atoms with Crippen LogP contribution in [0.3, 0.4) is 0 Å². The third kappa shape index (κ3) is 4.01. The summed E-state index contributed by atoms with van der Waals surface area (Å²) in [6.45, 7) is 4.07. The van der Waals surface area contributed by atoms with Gasteiger partial charge in [0.2, 0.25) is 5.91 Å². The van der Waals surface area contributed by atoms with Crippen LogP contribution in [0.2, 0.25) is 0 Å². The smallest absolute Gasteiger partial charge is 0.223 e. The van der Waals surface area contributed by atoms with Crippen LogP contribution in [-0.4, -0.2) is 48.0 Å². The summed E-state index contributed by atoms with van der Waals surface area (Å²) in [5.41, 5.74) is 2.19. The first-order valence-corrected chi connectivity index (χ1v) is 10.5. The highest BCUT2D eigenvalue weighted by molar-refractivity contribution is 5.80. The summed E-state index contributed by atoms with van der Waals surface area (Å²) < 4.78 is 11.3. The molecule has 7 heteroatoms. The average Bonchev–Trinajstić information content (AvgIpc) is 3.44. The summed E-state index contributed by atoms with van der Waals surface area (Å²) >= 11 is 0. The Hall–Kier alpha value is -2.41. The molecule has 2 aliphatic rings. The lowest BCUT2D eigenvalue weighted by Crippen LogP contribution is -2.46. The Morgan fingerprint density at radius 2 is 2.17 bits per heavy atom. The second-order valence-corrected chi connectivity index (χ2v) is 8.33. The lowest BCUT2D eigenvalue weighted by atomic mass is 9.73. The monoisotopic (exact) mass is 398 g/mol. The number of rotatable bonds is 6. The van der Waals surface area contributed by atoms with E-state index in [2.05, 4.69) is 39.6 Å². The zero-order valence-corrected chi connectivity index (χ0v) is 17.2. The molecule has 0 radical (unpaired) electrons. The zero-order chi connectivity index (χ0) is 20.3. The molecule has 7 nitrogen and oxygen atoms in total. The number of amides is 1. The summed E-state index contributed by atoms with van der Waals surface area (Å²) in [5, 5.41) is 10.2. The van der Waals surface area contributed by atoms with Crippen molar-refractivity contribution in [3.8, 4) is 5.75 Å². The average molecular weight is 399 g/mol. The molecule has 1 amide bonds. The number of aryl methyl sites for hydroxylation is 1. The van der Waals surface area contributed by atoms with Crippen LogP contribution < -0.4 is 10.1 Å². The van der Waals surface area contributed by atoms with Gasteiger partial charge in [0.1, 0.15) is 17.9 Å². The Bertz CT molecular complexity index is 831. The molecule has 0 unspecified atom stereocenters. The first kappa shape index (κ1) is 19.9. The third-order valence-electron chi connectivity index (χ3n) is 6.61. The molecule has 2 fully saturated rings.